The molecule has 0 aliphatic rings. The fourth-order valence-corrected chi connectivity index (χ4v) is 3.89. The number of hydrogen-bond acceptors (Lipinski definition) is 6. The molecule has 0 aliphatic heterocycles. The normalized spacial score (nSPS) is 13.9. The van der Waals surface area contributed by atoms with Gasteiger partial charge in [0.15, 0.2) is 0 Å². The third-order valence-corrected chi connectivity index (χ3v) is 6.30. The minimum Gasteiger partial charge on any atom is -0.481 e. The third kappa shape index (κ3) is 13.1. The summed E-state index contributed by atoms with van der Waals surface area (Å²) >= 11 is 1.02. The van der Waals surface area contributed by atoms with Gasteiger partial charge in [-0.25, -0.2) is 0 Å². The summed E-state index contributed by atoms with van der Waals surface area (Å²) in [5, 5.41) is 12.2. The van der Waals surface area contributed by atoms with E-state index in [-0.39, 0.29) is 23.5 Å². The molecule has 7 nitrogen and oxygen atoms in total. The topological polar surface area (TPSA) is 105 Å². The molecule has 0 saturated heterocycles. The molecule has 3 N–H and O–H groups in total. The Kier molecular flexibility index (Phi) is 12.3. The third-order valence-electron chi connectivity index (χ3n) is 5.04. The maximum absolute atomic E-state index is 12.6. The van der Waals surface area contributed by atoms with E-state index >= 15 is 0 Å². The molecule has 0 aromatic carbocycles. The first-order chi connectivity index (χ1) is 14.0. The van der Waals surface area contributed by atoms with Crippen molar-refractivity contribution in [3.05, 3.63) is 0 Å². The maximum atomic E-state index is 12.6. The molecule has 0 spiro atoms. The molecule has 0 aromatic heterocycles. The number of nitrogens with one attached hydrogen (secondary N) is 2. The average Bonchev–Trinajstić information content (AvgIpc) is 2.57. The molecule has 182 valence electrons. The van der Waals surface area contributed by atoms with Gasteiger partial charge in [0.2, 0.25) is 11.0 Å². The molecule has 0 radical (unpaired) electrons. The second-order valence-electron chi connectivity index (χ2n) is 10.8. The smallest absolute Gasteiger partial charge is 0.309 e. The van der Waals surface area contributed by atoms with Crippen LogP contribution in [0, 0.1) is 16.7 Å². The number of aliphatic carboxylic acids is 1. The number of rotatable bonds is 15. The highest BCUT2D eigenvalue weighted by Gasteiger charge is 2.39. The number of ether oxygens (including phenoxy) is 1. The Labute approximate surface area is 193 Å². The number of carbonyl (C=O) groups excluding carboxylic acids is 2. The summed E-state index contributed by atoms with van der Waals surface area (Å²) < 4.78 is 9.03. The van der Waals surface area contributed by atoms with Crippen LogP contribution in [0.2, 0.25) is 0 Å². The molecular formula is C23H44N2O5S. The van der Waals surface area contributed by atoms with E-state index in [9.17, 15) is 19.5 Å². The van der Waals surface area contributed by atoms with Gasteiger partial charge in [0.25, 0.3) is 0 Å². The Morgan fingerprint density at radius 3 is 2.06 bits per heavy atom. The Bertz CT molecular complexity index is 603. The van der Waals surface area contributed by atoms with Gasteiger partial charge in [-0.2, -0.15) is 0 Å². The fraction of sp³-hybridized carbons (Fsp3) is 0.870. The largest absolute Gasteiger partial charge is 0.481 e. The number of carbonyl (C=O) groups is 3. The molecule has 1 atom stereocenters. The maximum Gasteiger partial charge on any atom is 0.309 e. The summed E-state index contributed by atoms with van der Waals surface area (Å²) in [5.74, 6) is -0.366. The van der Waals surface area contributed by atoms with Crippen LogP contribution in [0.3, 0.4) is 0 Å². The van der Waals surface area contributed by atoms with Crippen LogP contribution >= 0.6 is 11.9 Å². The van der Waals surface area contributed by atoms with Crippen molar-refractivity contribution in [3.8, 4) is 0 Å². The van der Waals surface area contributed by atoms with Crippen LogP contribution in [0.4, 0.5) is 0 Å². The Balaban J connectivity index is 4.33. The summed E-state index contributed by atoms with van der Waals surface area (Å²) in [6.45, 7) is 18.0. The SMILES string of the molecule is CC(C)CCNC(=O)CC(C)(C)OCCC(C)NSC(=O)C(C)(C)CC(C)(C)C(=O)O. The van der Waals surface area contributed by atoms with Gasteiger partial charge in [-0.1, -0.05) is 27.7 Å². The van der Waals surface area contributed by atoms with Crippen molar-refractivity contribution < 1.29 is 24.2 Å². The van der Waals surface area contributed by atoms with Crippen molar-refractivity contribution in [3.63, 3.8) is 0 Å². The molecular weight excluding hydrogens is 416 g/mol. The lowest BCUT2D eigenvalue weighted by Gasteiger charge is -2.30. The van der Waals surface area contributed by atoms with E-state index in [2.05, 4.69) is 23.9 Å². The average molecular weight is 461 g/mol. The predicted octanol–water partition coefficient (Wildman–Crippen LogP) is 4.40. The second kappa shape index (κ2) is 12.8. The Hall–Kier alpha value is -1.12. The molecule has 0 heterocycles. The van der Waals surface area contributed by atoms with Gasteiger partial charge in [-0.15, -0.1) is 0 Å². The van der Waals surface area contributed by atoms with Crippen LogP contribution in [0.25, 0.3) is 0 Å². The lowest BCUT2D eigenvalue weighted by molar-refractivity contribution is -0.149. The Morgan fingerprint density at radius 2 is 1.55 bits per heavy atom. The second-order valence-corrected chi connectivity index (χ2v) is 11.6. The van der Waals surface area contributed by atoms with E-state index < -0.39 is 22.4 Å². The highest BCUT2D eigenvalue weighted by Crippen LogP contribution is 2.37. The quantitative estimate of drug-likeness (QED) is 0.311. The van der Waals surface area contributed by atoms with E-state index in [4.69, 9.17) is 4.74 Å². The minimum atomic E-state index is -0.966. The standard InChI is InChI=1S/C23H44N2O5S/c1-16(2)10-12-24-18(26)14-23(8,9)30-13-11-17(3)25-31-20(29)22(6,7)15-21(4,5)19(27)28/h16-17,25H,10-15H2,1-9H3,(H,24,26)(H,27,28). The van der Waals surface area contributed by atoms with Crippen molar-refractivity contribution in [1.82, 2.24) is 10.0 Å². The predicted molar refractivity (Wildman–Crippen MR) is 127 cm³/mol. The van der Waals surface area contributed by atoms with Crippen LogP contribution in [0.1, 0.15) is 88.0 Å². The number of hydrogen-bond donors (Lipinski definition) is 3. The molecule has 0 rings (SSSR count). The Morgan fingerprint density at radius 1 is 0.968 bits per heavy atom. The molecule has 0 aliphatic carbocycles. The zero-order valence-electron chi connectivity index (χ0n) is 20.9. The molecule has 0 saturated carbocycles. The monoisotopic (exact) mass is 460 g/mol. The molecule has 0 bridgehead atoms. The minimum absolute atomic E-state index is 0.00973. The zero-order chi connectivity index (χ0) is 24.5. The summed E-state index contributed by atoms with van der Waals surface area (Å²) in [4.78, 5) is 36.0. The molecule has 1 unspecified atom stereocenters. The van der Waals surface area contributed by atoms with E-state index in [0.29, 0.717) is 31.9 Å². The summed E-state index contributed by atoms with van der Waals surface area (Å²) in [7, 11) is 0. The number of carboxylic acids is 1. The number of amides is 1. The van der Waals surface area contributed by atoms with Gasteiger partial charge >= 0.3 is 5.97 Å². The van der Waals surface area contributed by atoms with Gasteiger partial charge in [-0.3, -0.25) is 19.1 Å². The molecule has 31 heavy (non-hydrogen) atoms. The first-order valence-corrected chi connectivity index (χ1v) is 11.9. The van der Waals surface area contributed by atoms with E-state index in [1.807, 2.05) is 20.8 Å². The molecule has 0 aromatic rings. The van der Waals surface area contributed by atoms with E-state index in [1.165, 1.54) is 0 Å². The first kappa shape index (κ1) is 29.9. The van der Waals surface area contributed by atoms with Crippen LogP contribution in [-0.2, 0) is 19.1 Å². The van der Waals surface area contributed by atoms with Gasteiger partial charge in [-0.05, 0) is 71.7 Å². The van der Waals surface area contributed by atoms with Gasteiger partial charge < -0.3 is 15.2 Å². The number of carboxylic acid groups (broad SMARTS) is 1. The van der Waals surface area contributed by atoms with Crippen molar-refractivity contribution >= 4 is 28.9 Å². The fourth-order valence-electron chi connectivity index (χ4n) is 3.12. The zero-order valence-corrected chi connectivity index (χ0v) is 21.7. The molecule has 8 heteroatoms. The van der Waals surface area contributed by atoms with Crippen LogP contribution < -0.4 is 10.0 Å². The van der Waals surface area contributed by atoms with Crippen molar-refractivity contribution in [2.75, 3.05) is 13.2 Å². The van der Waals surface area contributed by atoms with Crippen molar-refractivity contribution in [2.24, 2.45) is 16.7 Å². The highest BCUT2D eigenvalue weighted by molar-refractivity contribution is 8.12. The first-order valence-electron chi connectivity index (χ1n) is 11.1. The highest BCUT2D eigenvalue weighted by atomic mass is 32.2. The lowest BCUT2D eigenvalue weighted by atomic mass is 9.76. The summed E-state index contributed by atoms with van der Waals surface area (Å²) in [6.07, 6.45) is 2.19. The van der Waals surface area contributed by atoms with E-state index in [1.54, 1.807) is 27.7 Å². The van der Waals surface area contributed by atoms with Crippen molar-refractivity contribution in [1.29, 1.82) is 0 Å². The van der Waals surface area contributed by atoms with Crippen molar-refractivity contribution in [2.45, 2.75) is 99.6 Å². The van der Waals surface area contributed by atoms with Crippen LogP contribution in [0.5, 0.6) is 0 Å². The molecule has 1 amide bonds. The lowest BCUT2D eigenvalue weighted by Crippen LogP contribution is -2.37. The molecule has 0 fully saturated rings. The van der Waals surface area contributed by atoms with Crippen LogP contribution in [0.15, 0.2) is 0 Å². The van der Waals surface area contributed by atoms with Gasteiger partial charge in [0.05, 0.1) is 17.4 Å². The van der Waals surface area contributed by atoms with Gasteiger partial charge in [0.1, 0.15) is 0 Å². The summed E-state index contributed by atoms with van der Waals surface area (Å²) in [5.41, 5.74) is -2.29. The van der Waals surface area contributed by atoms with Crippen LogP contribution in [-0.4, -0.2) is 46.9 Å². The van der Waals surface area contributed by atoms with Gasteiger partial charge in [0, 0.05) is 24.6 Å². The summed E-state index contributed by atoms with van der Waals surface area (Å²) in [6, 6.07) is 0.0212. The van der Waals surface area contributed by atoms with E-state index in [0.717, 1.165) is 18.4 Å².